The zero-order valence-corrected chi connectivity index (χ0v) is 19.3. The Hall–Kier alpha value is -2.26. The molecule has 0 saturated carbocycles. The highest BCUT2D eigenvalue weighted by Crippen LogP contribution is 2.22. The lowest BCUT2D eigenvalue weighted by atomic mass is 10.1. The first kappa shape index (κ1) is 22.9. The summed E-state index contributed by atoms with van der Waals surface area (Å²) in [5, 5.41) is 8.38. The van der Waals surface area contributed by atoms with Gasteiger partial charge in [0.2, 0.25) is 5.91 Å². The Bertz CT molecular complexity index is 983. The molecule has 0 spiro atoms. The van der Waals surface area contributed by atoms with E-state index in [-0.39, 0.29) is 41.9 Å². The van der Waals surface area contributed by atoms with Gasteiger partial charge < -0.3 is 5.32 Å². The molecule has 1 atom stereocenters. The summed E-state index contributed by atoms with van der Waals surface area (Å²) in [5.41, 5.74) is 2.55. The van der Waals surface area contributed by atoms with Crippen molar-refractivity contribution < 1.29 is 18.0 Å². The Morgan fingerprint density at radius 1 is 1.09 bits per heavy atom. The van der Waals surface area contributed by atoms with E-state index in [2.05, 4.69) is 27.5 Å². The van der Waals surface area contributed by atoms with E-state index in [4.69, 9.17) is 0 Å². The van der Waals surface area contributed by atoms with Gasteiger partial charge in [0.25, 0.3) is 5.91 Å². The molecule has 1 N–H and O–H groups in total. The van der Waals surface area contributed by atoms with Crippen LogP contribution in [-0.4, -0.2) is 66.5 Å². The molecule has 0 aliphatic carbocycles. The van der Waals surface area contributed by atoms with Crippen LogP contribution in [0.5, 0.6) is 0 Å². The number of sulfone groups is 1. The maximum atomic E-state index is 12.7. The number of benzene rings is 1. The molecule has 2 fully saturated rings. The summed E-state index contributed by atoms with van der Waals surface area (Å²) in [6.45, 7) is 3.59. The van der Waals surface area contributed by atoms with Crippen LogP contribution in [0.25, 0.3) is 0 Å². The summed E-state index contributed by atoms with van der Waals surface area (Å²) in [4.78, 5) is 27.4. The van der Waals surface area contributed by atoms with Crippen molar-refractivity contribution in [3.8, 4) is 0 Å². The molecule has 8 nitrogen and oxygen atoms in total. The molecule has 1 aromatic rings. The summed E-state index contributed by atoms with van der Waals surface area (Å²) < 4.78 is 23.5. The molecular weight excluding hydrogens is 428 g/mol. The summed E-state index contributed by atoms with van der Waals surface area (Å²) >= 11 is 0. The minimum absolute atomic E-state index is 0.0618. The van der Waals surface area contributed by atoms with Gasteiger partial charge in [-0.2, -0.15) is 5.10 Å². The maximum Gasteiger partial charge on any atom is 0.267 e. The van der Waals surface area contributed by atoms with E-state index in [1.165, 1.54) is 36.3 Å². The van der Waals surface area contributed by atoms with Gasteiger partial charge in [-0.05, 0) is 43.5 Å². The van der Waals surface area contributed by atoms with Crippen molar-refractivity contribution >= 4 is 27.4 Å². The smallest absolute Gasteiger partial charge is 0.267 e. The predicted octanol–water partition coefficient (Wildman–Crippen LogP) is 1.84. The Labute approximate surface area is 190 Å². The van der Waals surface area contributed by atoms with E-state index < -0.39 is 15.9 Å². The summed E-state index contributed by atoms with van der Waals surface area (Å²) in [6, 6.07) is 7.81. The molecule has 2 saturated heterocycles. The van der Waals surface area contributed by atoms with Crippen LogP contribution in [0.15, 0.2) is 29.4 Å². The van der Waals surface area contributed by atoms with Crippen LogP contribution < -0.4 is 5.32 Å². The Morgan fingerprint density at radius 2 is 1.84 bits per heavy atom. The van der Waals surface area contributed by atoms with E-state index >= 15 is 0 Å². The fourth-order valence-corrected chi connectivity index (χ4v) is 6.35. The molecule has 1 aromatic carbocycles. The van der Waals surface area contributed by atoms with Crippen molar-refractivity contribution in [2.24, 2.45) is 5.10 Å². The molecule has 0 aromatic heterocycles. The third-order valence-electron chi connectivity index (χ3n) is 6.43. The second kappa shape index (κ2) is 10.1. The fourth-order valence-electron chi connectivity index (χ4n) is 4.66. The zero-order chi connectivity index (χ0) is 22.6. The van der Waals surface area contributed by atoms with Gasteiger partial charge in [-0.15, -0.1) is 0 Å². The average molecular weight is 461 g/mol. The van der Waals surface area contributed by atoms with Gasteiger partial charge in [-0.3, -0.25) is 14.5 Å². The lowest BCUT2D eigenvalue weighted by Gasteiger charge is -2.27. The highest BCUT2D eigenvalue weighted by Gasteiger charge is 2.37. The molecule has 32 heavy (non-hydrogen) atoms. The summed E-state index contributed by atoms with van der Waals surface area (Å²) in [7, 11) is -3.14. The Kier molecular flexibility index (Phi) is 7.25. The van der Waals surface area contributed by atoms with Crippen LogP contribution in [0, 0.1) is 0 Å². The minimum atomic E-state index is -3.14. The number of likely N-dealkylation sites (tertiary alicyclic amines) is 1. The van der Waals surface area contributed by atoms with E-state index in [1.807, 2.05) is 12.1 Å². The lowest BCUT2D eigenvalue weighted by molar-refractivity contribution is -0.133. The Morgan fingerprint density at radius 3 is 2.56 bits per heavy atom. The van der Waals surface area contributed by atoms with Crippen LogP contribution >= 0.6 is 0 Å². The molecular formula is C23H32N4O4S. The van der Waals surface area contributed by atoms with Crippen LogP contribution in [0.4, 0.5) is 0 Å². The van der Waals surface area contributed by atoms with Crippen LogP contribution in [0.1, 0.15) is 56.1 Å². The predicted molar refractivity (Wildman–Crippen MR) is 123 cm³/mol. The number of carbonyl (C=O) groups is 2. The first-order valence-corrected chi connectivity index (χ1v) is 13.4. The quantitative estimate of drug-likeness (QED) is 0.698. The van der Waals surface area contributed by atoms with Crippen LogP contribution in [-0.2, 0) is 32.5 Å². The van der Waals surface area contributed by atoms with Gasteiger partial charge in [0.15, 0.2) is 9.84 Å². The van der Waals surface area contributed by atoms with Gasteiger partial charge >= 0.3 is 0 Å². The molecule has 1 unspecified atom stereocenters. The normalized spacial score (nSPS) is 24.1. The molecule has 3 heterocycles. The largest absolute Gasteiger partial charge is 0.347 e. The van der Waals surface area contributed by atoms with Gasteiger partial charge in [0.05, 0.1) is 17.5 Å². The van der Waals surface area contributed by atoms with Gasteiger partial charge in [-0.25, -0.2) is 13.4 Å². The molecule has 0 radical (unpaired) electrons. The van der Waals surface area contributed by atoms with Crippen molar-refractivity contribution in [3.05, 3.63) is 35.4 Å². The standard InChI is InChI=1S/C23H32N4O4S/c28-22-9-8-21(25-27(22)20-10-13-32(30,31)17-20)23(29)24-15-18-6-5-7-19(14-18)16-26-11-3-1-2-4-12-26/h5-7,14,20H,1-4,8-13,15-17H2,(H,24,29). The highest BCUT2D eigenvalue weighted by atomic mass is 32.2. The summed E-state index contributed by atoms with van der Waals surface area (Å²) in [5.74, 6) is -0.543. The van der Waals surface area contributed by atoms with E-state index in [0.29, 0.717) is 13.0 Å². The molecule has 3 aliphatic rings. The van der Waals surface area contributed by atoms with Crippen molar-refractivity contribution in [2.45, 2.75) is 64.1 Å². The van der Waals surface area contributed by atoms with Crippen molar-refractivity contribution in [1.29, 1.82) is 0 Å². The van der Waals surface area contributed by atoms with E-state index in [1.54, 1.807) is 0 Å². The number of hydrazone groups is 1. The number of amides is 2. The highest BCUT2D eigenvalue weighted by molar-refractivity contribution is 7.91. The van der Waals surface area contributed by atoms with Gasteiger partial charge in [0, 0.05) is 25.9 Å². The molecule has 9 heteroatoms. The number of nitrogens with zero attached hydrogens (tertiary/aromatic N) is 3. The van der Waals surface area contributed by atoms with Crippen molar-refractivity contribution in [2.75, 3.05) is 24.6 Å². The van der Waals surface area contributed by atoms with Crippen molar-refractivity contribution in [3.63, 3.8) is 0 Å². The van der Waals surface area contributed by atoms with Crippen molar-refractivity contribution in [1.82, 2.24) is 15.2 Å². The SMILES string of the molecule is O=C(NCc1cccc(CN2CCCCCC2)c1)C1=NN(C2CCS(=O)(=O)C2)C(=O)CC1. The number of rotatable bonds is 6. The second-order valence-corrected chi connectivity index (χ2v) is 11.3. The van der Waals surface area contributed by atoms with Gasteiger partial charge in [-0.1, -0.05) is 37.1 Å². The molecule has 174 valence electrons. The first-order chi connectivity index (χ1) is 15.4. The number of hydrogen-bond donors (Lipinski definition) is 1. The number of nitrogens with one attached hydrogen (secondary N) is 1. The fraction of sp³-hybridized carbons (Fsp3) is 0.609. The monoisotopic (exact) mass is 460 g/mol. The Balaban J connectivity index is 1.35. The lowest BCUT2D eigenvalue weighted by Crippen LogP contribution is -2.43. The van der Waals surface area contributed by atoms with E-state index in [9.17, 15) is 18.0 Å². The third kappa shape index (κ3) is 5.95. The topological polar surface area (TPSA) is 99.2 Å². The van der Waals surface area contributed by atoms with Crippen LogP contribution in [0.2, 0.25) is 0 Å². The first-order valence-electron chi connectivity index (χ1n) is 11.6. The van der Waals surface area contributed by atoms with E-state index in [0.717, 1.165) is 25.2 Å². The average Bonchev–Trinajstić information content (AvgIpc) is 2.96. The molecule has 4 rings (SSSR count). The second-order valence-electron chi connectivity index (χ2n) is 9.03. The molecule has 2 amide bonds. The minimum Gasteiger partial charge on any atom is -0.347 e. The number of hydrogen-bond acceptors (Lipinski definition) is 6. The number of carbonyl (C=O) groups excluding carboxylic acids is 2. The van der Waals surface area contributed by atoms with Gasteiger partial charge in [0.1, 0.15) is 5.71 Å². The summed E-state index contributed by atoms with van der Waals surface area (Å²) in [6.07, 6.45) is 5.95. The van der Waals surface area contributed by atoms with Crippen LogP contribution in [0.3, 0.4) is 0 Å². The molecule has 0 bridgehead atoms. The molecule has 3 aliphatic heterocycles. The third-order valence-corrected chi connectivity index (χ3v) is 8.18. The zero-order valence-electron chi connectivity index (χ0n) is 18.5. The maximum absolute atomic E-state index is 12.7.